The first-order chi connectivity index (χ1) is 8.21. The maximum Gasteiger partial charge on any atom is 0.0613 e. The third-order valence-corrected chi connectivity index (χ3v) is 4.98. The molecule has 2 fully saturated rings. The van der Waals surface area contributed by atoms with Gasteiger partial charge in [-0.15, -0.1) is 0 Å². The molecule has 3 heteroatoms. The standard InChI is InChI=1S/C14H28N2O/c1-12-6-3-4-9-16(12)13-7-5-8-14(10-13,11-17)15-2/h12-13,15,17H,3-11H2,1-2H3. The fourth-order valence-electron chi connectivity index (χ4n) is 3.73. The monoisotopic (exact) mass is 240 g/mol. The van der Waals surface area contributed by atoms with Crippen molar-refractivity contribution in [1.82, 2.24) is 10.2 Å². The normalized spacial score (nSPS) is 40.4. The van der Waals surface area contributed by atoms with E-state index in [0.717, 1.165) is 18.9 Å². The lowest BCUT2D eigenvalue weighted by Gasteiger charge is -2.47. The van der Waals surface area contributed by atoms with E-state index in [1.165, 1.54) is 38.6 Å². The molecule has 0 amide bonds. The number of rotatable bonds is 3. The minimum Gasteiger partial charge on any atom is -0.394 e. The van der Waals surface area contributed by atoms with Gasteiger partial charge in [-0.25, -0.2) is 0 Å². The number of hydrogen-bond acceptors (Lipinski definition) is 3. The van der Waals surface area contributed by atoms with Crippen molar-refractivity contribution >= 4 is 0 Å². The third-order valence-electron chi connectivity index (χ3n) is 4.98. The highest BCUT2D eigenvalue weighted by Crippen LogP contribution is 2.33. The Labute approximate surface area is 106 Å². The quantitative estimate of drug-likeness (QED) is 0.789. The van der Waals surface area contributed by atoms with Crippen LogP contribution in [-0.2, 0) is 0 Å². The molecule has 0 radical (unpaired) electrons. The number of likely N-dealkylation sites (N-methyl/N-ethyl adjacent to an activating group) is 1. The van der Waals surface area contributed by atoms with Crippen LogP contribution in [0.3, 0.4) is 0 Å². The Morgan fingerprint density at radius 1 is 1.29 bits per heavy atom. The Kier molecular flexibility index (Phi) is 4.45. The molecule has 3 unspecified atom stereocenters. The van der Waals surface area contributed by atoms with Gasteiger partial charge in [-0.2, -0.15) is 0 Å². The summed E-state index contributed by atoms with van der Waals surface area (Å²) in [5.41, 5.74) is -0.0138. The summed E-state index contributed by atoms with van der Waals surface area (Å²) in [5, 5.41) is 13.0. The lowest BCUT2D eigenvalue weighted by Crippen LogP contribution is -2.56. The Balaban J connectivity index is 2.00. The van der Waals surface area contributed by atoms with Crippen LogP contribution in [0, 0.1) is 0 Å². The molecule has 0 aromatic carbocycles. The van der Waals surface area contributed by atoms with Gasteiger partial charge in [0.1, 0.15) is 0 Å². The van der Waals surface area contributed by atoms with Crippen LogP contribution >= 0.6 is 0 Å². The summed E-state index contributed by atoms with van der Waals surface area (Å²) in [5.74, 6) is 0. The topological polar surface area (TPSA) is 35.5 Å². The highest BCUT2D eigenvalue weighted by molar-refractivity contribution is 4.96. The number of aliphatic hydroxyl groups excluding tert-OH is 1. The van der Waals surface area contributed by atoms with Crippen molar-refractivity contribution in [2.45, 2.75) is 69.5 Å². The van der Waals surface area contributed by atoms with E-state index < -0.39 is 0 Å². The van der Waals surface area contributed by atoms with Crippen molar-refractivity contribution < 1.29 is 5.11 Å². The summed E-state index contributed by atoms with van der Waals surface area (Å²) in [4.78, 5) is 2.70. The van der Waals surface area contributed by atoms with Crippen molar-refractivity contribution in [3.63, 3.8) is 0 Å². The molecule has 2 rings (SSSR count). The smallest absolute Gasteiger partial charge is 0.0613 e. The number of piperidine rings is 1. The van der Waals surface area contributed by atoms with Crippen LogP contribution in [-0.4, -0.2) is 47.8 Å². The highest BCUT2D eigenvalue weighted by Gasteiger charge is 2.38. The molecule has 17 heavy (non-hydrogen) atoms. The molecule has 1 heterocycles. The molecule has 3 atom stereocenters. The summed E-state index contributed by atoms with van der Waals surface area (Å²) in [7, 11) is 2.00. The van der Waals surface area contributed by atoms with Gasteiger partial charge in [0.05, 0.1) is 6.61 Å². The van der Waals surface area contributed by atoms with Crippen molar-refractivity contribution in [3.8, 4) is 0 Å². The van der Waals surface area contributed by atoms with E-state index >= 15 is 0 Å². The van der Waals surface area contributed by atoms with Gasteiger partial charge in [-0.1, -0.05) is 6.42 Å². The van der Waals surface area contributed by atoms with Crippen LogP contribution in [0.5, 0.6) is 0 Å². The molecule has 0 aromatic heterocycles. The molecular weight excluding hydrogens is 212 g/mol. The molecule has 3 nitrogen and oxygen atoms in total. The predicted octanol–water partition coefficient (Wildman–Crippen LogP) is 1.75. The lowest BCUT2D eigenvalue weighted by atomic mass is 9.78. The van der Waals surface area contributed by atoms with E-state index in [1.54, 1.807) is 0 Å². The second kappa shape index (κ2) is 5.68. The predicted molar refractivity (Wildman–Crippen MR) is 71.2 cm³/mol. The fourth-order valence-corrected chi connectivity index (χ4v) is 3.73. The van der Waals surface area contributed by atoms with Gasteiger partial charge in [0, 0.05) is 17.6 Å². The molecule has 100 valence electrons. The van der Waals surface area contributed by atoms with Crippen molar-refractivity contribution in [2.75, 3.05) is 20.2 Å². The largest absolute Gasteiger partial charge is 0.394 e. The summed E-state index contributed by atoms with van der Waals surface area (Å²) in [6, 6.07) is 1.42. The van der Waals surface area contributed by atoms with Gasteiger partial charge in [0.15, 0.2) is 0 Å². The van der Waals surface area contributed by atoms with E-state index in [-0.39, 0.29) is 12.1 Å². The van der Waals surface area contributed by atoms with Gasteiger partial charge < -0.3 is 10.4 Å². The third kappa shape index (κ3) is 2.83. The van der Waals surface area contributed by atoms with Crippen LogP contribution in [0.2, 0.25) is 0 Å². The number of nitrogens with zero attached hydrogens (tertiary/aromatic N) is 1. The minimum absolute atomic E-state index is 0.0138. The summed E-state index contributed by atoms with van der Waals surface area (Å²) < 4.78 is 0. The molecule has 2 aliphatic rings. The maximum absolute atomic E-state index is 9.64. The van der Waals surface area contributed by atoms with Crippen molar-refractivity contribution in [2.24, 2.45) is 0 Å². The Hall–Kier alpha value is -0.120. The average molecular weight is 240 g/mol. The molecular formula is C14H28N2O. The zero-order valence-corrected chi connectivity index (χ0v) is 11.4. The van der Waals surface area contributed by atoms with Crippen LogP contribution < -0.4 is 5.32 Å². The Morgan fingerprint density at radius 2 is 2.12 bits per heavy atom. The van der Waals surface area contributed by atoms with Gasteiger partial charge in [0.2, 0.25) is 0 Å². The number of likely N-dealkylation sites (tertiary alicyclic amines) is 1. The number of nitrogens with one attached hydrogen (secondary N) is 1. The SMILES string of the molecule is CNC1(CO)CCCC(N2CCCCC2C)C1. The molecule has 0 spiro atoms. The molecule has 1 aliphatic heterocycles. The Morgan fingerprint density at radius 3 is 2.76 bits per heavy atom. The van der Waals surface area contributed by atoms with Gasteiger partial charge >= 0.3 is 0 Å². The number of aliphatic hydroxyl groups is 1. The average Bonchev–Trinajstić information content (AvgIpc) is 2.39. The summed E-state index contributed by atoms with van der Waals surface area (Å²) in [6.07, 6.45) is 8.89. The molecule has 1 saturated heterocycles. The molecule has 1 saturated carbocycles. The zero-order valence-electron chi connectivity index (χ0n) is 11.4. The zero-order chi connectivity index (χ0) is 12.3. The minimum atomic E-state index is -0.0138. The van der Waals surface area contributed by atoms with E-state index in [2.05, 4.69) is 17.1 Å². The fraction of sp³-hybridized carbons (Fsp3) is 1.00. The van der Waals surface area contributed by atoms with E-state index in [1.807, 2.05) is 7.05 Å². The first-order valence-electron chi connectivity index (χ1n) is 7.26. The van der Waals surface area contributed by atoms with E-state index in [9.17, 15) is 5.11 Å². The van der Waals surface area contributed by atoms with Crippen molar-refractivity contribution in [1.29, 1.82) is 0 Å². The second-order valence-corrected chi connectivity index (χ2v) is 6.02. The first kappa shape index (κ1) is 13.3. The van der Waals surface area contributed by atoms with Crippen LogP contribution in [0.25, 0.3) is 0 Å². The van der Waals surface area contributed by atoms with Crippen molar-refractivity contribution in [3.05, 3.63) is 0 Å². The maximum atomic E-state index is 9.64. The molecule has 0 aromatic rings. The first-order valence-corrected chi connectivity index (χ1v) is 7.26. The highest BCUT2D eigenvalue weighted by atomic mass is 16.3. The molecule has 2 N–H and O–H groups in total. The molecule has 1 aliphatic carbocycles. The summed E-state index contributed by atoms with van der Waals surface area (Å²) in [6.45, 7) is 3.91. The van der Waals surface area contributed by atoms with E-state index in [4.69, 9.17) is 0 Å². The van der Waals surface area contributed by atoms with Crippen LogP contribution in [0.15, 0.2) is 0 Å². The van der Waals surface area contributed by atoms with Gasteiger partial charge in [0.25, 0.3) is 0 Å². The second-order valence-electron chi connectivity index (χ2n) is 6.02. The summed E-state index contributed by atoms with van der Waals surface area (Å²) >= 11 is 0. The van der Waals surface area contributed by atoms with Crippen LogP contribution in [0.1, 0.15) is 51.9 Å². The van der Waals surface area contributed by atoms with Gasteiger partial charge in [-0.05, 0) is 59.0 Å². The Bertz CT molecular complexity index is 240. The molecule has 0 bridgehead atoms. The van der Waals surface area contributed by atoms with E-state index in [0.29, 0.717) is 6.04 Å². The number of hydrogen-bond donors (Lipinski definition) is 2. The lowest BCUT2D eigenvalue weighted by molar-refractivity contribution is 0.0311. The van der Waals surface area contributed by atoms with Crippen LogP contribution in [0.4, 0.5) is 0 Å². The van der Waals surface area contributed by atoms with Gasteiger partial charge in [-0.3, -0.25) is 4.90 Å².